The molecule has 19 heavy (non-hydrogen) atoms. The molecule has 0 aliphatic carbocycles. The zero-order valence-corrected chi connectivity index (χ0v) is 12.9. The Bertz CT molecular complexity index is 576. The SMILES string of the molecule is CC(C)Sc1ccccc1Nc1nc(Cl)ncc1Cl. The van der Waals surface area contributed by atoms with Gasteiger partial charge in [0.15, 0.2) is 5.82 Å². The number of hydrogen-bond acceptors (Lipinski definition) is 4. The predicted octanol–water partition coefficient (Wildman–Crippen LogP) is 5.03. The average molecular weight is 314 g/mol. The van der Waals surface area contributed by atoms with Gasteiger partial charge < -0.3 is 5.32 Å². The van der Waals surface area contributed by atoms with Crippen LogP contribution in [0.1, 0.15) is 13.8 Å². The molecule has 0 fully saturated rings. The highest BCUT2D eigenvalue weighted by molar-refractivity contribution is 8.00. The molecule has 0 spiro atoms. The van der Waals surface area contributed by atoms with E-state index in [1.165, 1.54) is 6.20 Å². The number of para-hydroxylation sites is 1. The number of nitrogens with zero attached hydrogens (tertiary/aromatic N) is 2. The zero-order valence-electron chi connectivity index (χ0n) is 10.5. The van der Waals surface area contributed by atoms with Gasteiger partial charge in [-0.3, -0.25) is 0 Å². The molecule has 6 heteroatoms. The van der Waals surface area contributed by atoms with Gasteiger partial charge in [0.05, 0.1) is 11.9 Å². The van der Waals surface area contributed by atoms with E-state index in [0.717, 1.165) is 10.6 Å². The summed E-state index contributed by atoms with van der Waals surface area (Å²) in [6.45, 7) is 4.30. The van der Waals surface area contributed by atoms with Crippen molar-refractivity contribution in [1.82, 2.24) is 9.97 Å². The van der Waals surface area contributed by atoms with E-state index in [1.807, 2.05) is 18.2 Å². The fourth-order valence-electron chi connectivity index (χ4n) is 1.49. The highest BCUT2D eigenvalue weighted by Gasteiger charge is 2.09. The van der Waals surface area contributed by atoms with Gasteiger partial charge in [0.25, 0.3) is 0 Å². The maximum Gasteiger partial charge on any atom is 0.224 e. The third-order valence-corrected chi connectivity index (χ3v) is 3.76. The largest absolute Gasteiger partial charge is 0.338 e. The fraction of sp³-hybridized carbons (Fsp3) is 0.231. The lowest BCUT2D eigenvalue weighted by Crippen LogP contribution is -1.98. The van der Waals surface area contributed by atoms with Gasteiger partial charge in [0, 0.05) is 10.1 Å². The Balaban J connectivity index is 2.30. The zero-order chi connectivity index (χ0) is 13.8. The van der Waals surface area contributed by atoms with Crippen LogP contribution in [-0.2, 0) is 0 Å². The van der Waals surface area contributed by atoms with Gasteiger partial charge in [-0.1, -0.05) is 37.6 Å². The van der Waals surface area contributed by atoms with Crippen LogP contribution in [-0.4, -0.2) is 15.2 Å². The molecule has 0 saturated carbocycles. The maximum absolute atomic E-state index is 6.05. The Morgan fingerprint density at radius 1 is 1.21 bits per heavy atom. The van der Waals surface area contributed by atoms with Crippen LogP contribution in [0.15, 0.2) is 35.4 Å². The molecule has 0 aliphatic heterocycles. The molecule has 0 bridgehead atoms. The topological polar surface area (TPSA) is 37.8 Å². The highest BCUT2D eigenvalue weighted by Crippen LogP contribution is 2.33. The molecule has 0 atom stereocenters. The molecular weight excluding hydrogens is 301 g/mol. The van der Waals surface area contributed by atoms with Crippen molar-refractivity contribution >= 4 is 46.5 Å². The molecule has 1 aromatic carbocycles. The van der Waals surface area contributed by atoms with E-state index in [-0.39, 0.29) is 5.28 Å². The van der Waals surface area contributed by atoms with Gasteiger partial charge in [-0.25, -0.2) is 4.98 Å². The van der Waals surface area contributed by atoms with Gasteiger partial charge in [-0.05, 0) is 23.7 Å². The number of nitrogens with one attached hydrogen (secondary N) is 1. The second kappa shape index (κ2) is 6.46. The van der Waals surface area contributed by atoms with Crippen molar-refractivity contribution in [3.63, 3.8) is 0 Å². The molecule has 1 heterocycles. The van der Waals surface area contributed by atoms with E-state index in [2.05, 4.69) is 35.2 Å². The van der Waals surface area contributed by atoms with Crippen LogP contribution in [0.25, 0.3) is 0 Å². The molecule has 3 nitrogen and oxygen atoms in total. The number of thioether (sulfide) groups is 1. The molecular formula is C13H13Cl2N3S. The van der Waals surface area contributed by atoms with E-state index in [1.54, 1.807) is 11.8 Å². The fourth-order valence-corrected chi connectivity index (χ4v) is 2.67. The number of rotatable bonds is 4. The lowest BCUT2D eigenvalue weighted by atomic mass is 10.3. The van der Waals surface area contributed by atoms with Crippen molar-refractivity contribution in [2.75, 3.05) is 5.32 Å². The summed E-state index contributed by atoms with van der Waals surface area (Å²) in [5, 5.41) is 4.30. The number of anilines is 2. The first-order chi connectivity index (χ1) is 9.06. The van der Waals surface area contributed by atoms with E-state index < -0.39 is 0 Å². The predicted molar refractivity (Wildman–Crippen MR) is 82.8 cm³/mol. The second-order valence-electron chi connectivity index (χ2n) is 4.12. The third kappa shape index (κ3) is 4.00. The van der Waals surface area contributed by atoms with E-state index in [9.17, 15) is 0 Å². The molecule has 0 radical (unpaired) electrons. The first kappa shape index (κ1) is 14.4. The monoisotopic (exact) mass is 313 g/mol. The van der Waals surface area contributed by atoms with Crippen molar-refractivity contribution in [3.05, 3.63) is 40.8 Å². The summed E-state index contributed by atoms with van der Waals surface area (Å²) in [4.78, 5) is 9.06. The Labute approximate surface area is 126 Å². The first-order valence-corrected chi connectivity index (χ1v) is 7.40. The molecule has 0 unspecified atom stereocenters. The Morgan fingerprint density at radius 2 is 1.95 bits per heavy atom. The van der Waals surface area contributed by atoms with Crippen LogP contribution < -0.4 is 5.32 Å². The van der Waals surface area contributed by atoms with Gasteiger partial charge in [-0.15, -0.1) is 11.8 Å². The minimum absolute atomic E-state index is 0.167. The van der Waals surface area contributed by atoms with Gasteiger partial charge in [0.1, 0.15) is 5.02 Å². The van der Waals surface area contributed by atoms with Gasteiger partial charge in [0.2, 0.25) is 5.28 Å². The lowest BCUT2D eigenvalue weighted by Gasteiger charge is -2.13. The van der Waals surface area contributed by atoms with Crippen LogP contribution in [0.5, 0.6) is 0 Å². The molecule has 0 saturated heterocycles. The standard InChI is InChI=1S/C13H13Cl2N3S/c1-8(2)19-11-6-4-3-5-10(11)17-12-9(14)7-16-13(15)18-12/h3-8H,1-2H3,(H,16,17,18). The Kier molecular flexibility index (Phi) is 4.91. The number of aromatic nitrogens is 2. The summed E-state index contributed by atoms with van der Waals surface area (Å²) >= 11 is 13.6. The van der Waals surface area contributed by atoms with Crippen LogP contribution in [0.3, 0.4) is 0 Å². The second-order valence-corrected chi connectivity index (χ2v) is 6.49. The van der Waals surface area contributed by atoms with Crippen molar-refractivity contribution in [1.29, 1.82) is 0 Å². The Morgan fingerprint density at radius 3 is 2.68 bits per heavy atom. The van der Waals surface area contributed by atoms with Crippen molar-refractivity contribution in [3.8, 4) is 0 Å². The third-order valence-electron chi connectivity index (χ3n) is 2.22. The number of benzene rings is 1. The van der Waals surface area contributed by atoms with E-state index in [0.29, 0.717) is 16.1 Å². The van der Waals surface area contributed by atoms with Gasteiger partial charge >= 0.3 is 0 Å². The highest BCUT2D eigenvalue weighted by atomic mass is 35.5. The average Bonchev–Trinajstić information content (AvgIpc) is 2.35. The molecule has 0 aliphatic rings. The van der Waals surface area contributed by atoms with Crippen molar-refractivity contribution in [2.45, 2.75) is 24.0 Å². The van der Waals surface area contributed by atoms with Crippen LogP contribution in [0, 0.1) is 0 Å². The quantitative estimate of drug-likeness (QED) is 0.634. The number of hydrogen-bond donors (Lipinski definition) is 1. The molecule has 2 aromatic rings. The van der Waals surface area contributed by atoms with Crippen molar-refractivity contribution < 1.29 is 0 Å². The molecule has 2 rings (SSSR count). The van der Waals surface area contributed by atoms with E-state index >= 15 is 0 Å². The molecule has 0 amide bonds. The van der Waals surface area contributed by atoms with Crippen LogP contribution in [0.4, 0.5) is 11.5 Å². The first-order valence-electron chi connectivity index (χ1n) is 5.77. The lowest BCUT2D eigenvalue weighted by molar-refractivity contribution is 1.11. The summed E-state index contributed by atoms with van der Waals surface area (Å²) in [6.07, 6.45) is 1.48. The van der Waals surface area contributed by atoms with Crippen molar-refractivity contribution in [2.24, 2.45) is 0 Å². The summed E-state index contributed by atoms with van der Waals surface area (Å²) in [5.74, 6) is 0.512. The number of halogens is 2. The summed E-state index contributed by atoms with van der Waals surface area (Å²) in [5.41, 5.74) is 0.956. The molecule has 1 aromatic heterocycles. The van der Waals surface area contributed by atoms with Crippen LogP contribution in [0.2, 0.25) is 10.3 Å². The van der Waals surface area contributed by atoms with Crippen LogP contribution >= 0.6 is 35.0 Å². The molecule has 1 N–H and O–H groups in total. The smallest absolute Gasteiger partial charge is 0.224 e. The van der Waals surface area contributed by atoms with E-state index in [4.69, 9.17) is 23.2 Å². The Hall–Kier alpha value is -0.970. The maximum atomic E-state index is 6.05. The minimum Gasteiger partial charge on any atom is -0.338 e. The summed E-state index contributed by atoms with van der Waals surface area (Å²) in [7, 11) is 0. The minimum atomic E-state index is 0.167. The normalized spacial score (nSPS) is 10.8. The van der Waals surface area contributed by atoms with Gasteiger partial charge in [-0.2, -0.15) is 4.98 Å². The molecule has 100 valence electrons. The summed E-state index contributed by atoms with van der Waals surface area (Å²) < 4.78 is 0. The summed E-state index contributed by atoms with van der Waals surface area (Å²) in [6, 6.07) is 8.01.